The summed E-state index contributed by atoms with van der Waals surface area (Å²) >= 11 is 6.15. The van der Waals surface area contributed by atoms with E-state index >= 15 is 0 Å². The molecule has 0 fully saturated rings. The summed E-state index contributed by atoms with van der Waals surface area (Å²) < 4.78 is 0. The fourth-order valence-corrected chi connectivity index (χ4v) is 2.85. The normalized spacial score (nSPS) is 18.5. The highest BCUT2D eigenvalue weighted by atomic mass is 35.5. The second-order valence-electron chi connectivity index (χ2n) is 4.52. The third kappa shape index (κ3) is 1.83. The monoisotopic (exact) mass is 257 g/mol. The number of nitrogens with zero attached hydrogens (tertiary/aromatic N) is 1. The number of halogens is 1. The van der Waals surface area contributed by atoms with Crippen LogP contribution in [-0.2, 0) is 6.42 Å². The average Bonchev–Trinajstić information content (AvgIpc) is 2.40. The van der Waals surface area contributed by atoms with E-state index in [0.717, 1.165) is 24.0 Å². The molecule has 1 aromatic carbocycles. The molecule has 1 heterocycles. The summed E-state index contributed by atoms with van der Waals surface area (Å²) in [6, 6.07) is 9.49. The van der Waals surface area contributed by atoms with Crippen molar-refractivity contribution >= 4 is 17.4 Å². The Morgan fingerprint density at radius 2 is 2.11 bits per heavy atom. The van der Waals surface area contributed by atoms with Crippen molar-refractivity contribution in [2.75, 3.05) is 0 Å². The van der Waals surface area contributed by atoms with Gasteiger partial charge in [0.15, 0.2) is 5.78 Å². The van der Waals surface area contributed by atoms with Gasteiger partial charge in [-0.3, -0.25) is 9.78 Å². The minimum atomic E-state index is -0.105. The van der Waals surface area contributed by atoms with Gasteiger partial charge in [-0.05, 0) is 36.1 Å². The second-order valence-corrected chi connectivity index (χ2v) is 4.92. The van der Waals surface area contributed by atoms with Crippen LogP contribution in [0.5, 0.6) is 0 Å². The zero-order chi connectivity index (χ0) is 12.5. The molecule has 1 aliphatic rings. The van der Waals surface area contributed by atoms with Crippen LogP contribution in [0.1, 0.15) is 33.8 Å². The highest BCUT2D eigenvalue weighted by Gasteiger charge is 2.30. The fraction of sp³-hybridized carbons (Fsp3) is 0.200. The van der Waals surface area contributed by atoms with Crippen LogP contribution in [0.2, 0.25) is 5.02 Å². The third-order valence-electron chi connectivity index (χ3n) is 3.45. The molecule has 0 radical (unpaired) electrons. The molecule has 1 aliphatic carbocycles. The highest BCUT2D eigenvalue weighted by Crippen LogP contribution is 2.35. The number of fused-ring (bicyclic) bond motifs is 1. The summed E-state index contributed by atoms with van der Waals surface area (Å²) in [6.07, 6.45) is 5.21. The lowest BCUT2D eigenvalue weighted by Crippen LogP contribution is -2.21. The Hall–Kier alpha value is -1.67. The van der Waals surface area contributed by atoms with Crippen molar-refractivity contribution in [1.29, 1.82) is 0 Å². The summed E-state index contributed by atoms with van der Waals surface area (Å²) in [7, 11) is 0. The first-order valence-corrected chi connectivity index (χ1v) is 6.36. The van der Waals surface area contributed by atoms with E-state index in [4.69, 9.17) is 11.6 Å². The van der Waals surface area contributed by atoms with Gasteiger partial charge in [-0.1, -0.05) is 29.8 Å². The Balaban J connectivity index is 2.05. The SMILES string of the molecule is O=C1c2c(Cl)cccc2CCC1c1cccnc1. The van der Waals surface area contributed by atoms with Gasteiger partial charge in [0.05, 0.1) is 5.02 Å². The van der Waals surface area contributed by atoms with Crippen LogP contribution in [0.25, 0.3) is 0 Å². The maximum absolute atomic E-state index is 12.5. The maximum Gasteiger partial charge on any atom is 0.172 e. The van der Waals surface area contributed by atoms with Gasteiger partial charge in [0.1, 0.15) is 0 Å². The van der Waals surface area contributed by atoms with E-state index in [2.05, 4.69) is 4.98 Å². The summed E-state index contributed by atoms with van der Waals surface area (Å²) in [5, 5.41) is 0.561. The van der Waals surface area contributed by atoms with Crippen LogP contribution in [0.4, 0.5) is 0 Å². The summed E-state index contributed by atoms with van der Waals surface area (Å²) in [4.78, 5) is 16.6. The summed E-state index contributed by atoms with van der Waals surface area (Å²) in [5.41, 5.74) is 2.74. The van der Waals surface area contributed by atoms with Gasteiger partial charge < -0.3 is 0 Å². The molecule has 0 bridgehead atoms. The van der Waals surface area contributed by atoms with Crippen LogP contribution in [0.3, 0.4) is 0 Å². The first-order valence-electron chi connectivity index (χ1n) is 5.99. The molecule has 1 atom stereocenters. The van der Waals surface area contributed by atoms with Gasteiger partial charge in [-0.25, -0.2) is 0 Å². The Labute approximate surface area is 111 Å². The standard InChI is InChI=1S/C15H12ClNO/c16-13-5-1-3-10-6-7-12(15(18)14(10)13)11-4-2-8-17-9-11/h1-5,8-9,12H,6-7H2. The molecule has 1 unspecified atom stereocenters. The molecule has 0 N–H and O–H groups in total. The number of benzene rings is 1. The van der Waals surface area contributed by atoms with Crippen LogP contribution in [0, 0.1) is 0 Å². The molecule has 2 aromatic rings. The van der Waals surface area contributed by atoms with Crippen LogP contribution < -0.4 is 0 Å². The van der Waals surface area contributed by atoms with E-state index < -0.39 is 0 Å². The van der Waals surface area contributed by atoms with Crippen molar-refractivity contribution in [2.24, 2.45) is 0 Å². The number of hydrogen-bond acceptors (Lipinski definition) is 2. The number of carbonyl (C=O) groups is 1. The van der Waals surface area contributed by atoms with Crippen molar-refractivity contribution in [3.05, 3.63) is 64.4 Å². The Kier molecular flexibility index (Phi) is 2.88. The van der Waals surface area contributed by atoms with Crippen LogP contribution in [0.15, 0.2) is 42.7 Å². The Morgan fingerprint density at radius 1 is 1.22 bits per heavy atom. The van der Waals surface area contributed by atoms with Crippen LogP contribution >= 0.6 is 11.6 Å². The number of ketones is 1. The molecule has 90 valence electrons. The zero-order valence-electron chi connectivity index (χ0n) is 9.77. The molecule has 0 spiro atoms. The third-order valence-corrected chi connectivity index (χ3v) is 3.77. The maximum atomic E-state index is 12.5. The minimum absolute atomic E-state index is 0.105. The van der Waals surface area contributed by atoms with Gasteiger partial charge in [-0.15, -0.1) is 0 Å². The number of aromatic nitrogens is 1. The highest BCUT2D eigenvalue weighted by molar-refractivity contribution is 6.34. The summed E-state index contributed by atoms with van der Waals surface area (Å²) in [5.74, 6) is 0.0148. The zero-order valence-corrected chi connectivity index (χ0v) is 10.5. The molecule has 18 heavy (non-hydrogen) atoms. The molecule has 0 saturated carbocycles. The van der Waals surface area contributed by atoms with Gasteiger partial charge in [0, 0.05) is 23.9 Å². The van der Waals surface area contributed by atoms with E-state index in [-0.39, 0.29) is 11.7 Å². The number of Topliss-reactive ketones (excluding diaryl/α,β-unsaturated/α-hetero) is 1. The van der Waals surface area contributed by atoms with Gasteiger partial charge in [-0.2, -0.15) is 0 Å². The quantitative estimate of drug-likeness (QED) is 0.781. The van der Waals surface area contributed by atoms with Crippen molar-refractivity contribution in [3.63, 3.8) is 0 Å². The number of rotatable bonds is 1. The van der Waals surface area contributed by atoms with E-state index in [9.17, 15) is 4.79 Å². The largest absolute Gasteiger partial charge is 0.293 e. The van der Waals surface area contributed by atoms with Gasteiger partial charge in [0.2, 0.25) is 0 Å². The second kappa shape index (κ2) is 4.54. The molecule has 0 saturated heterocycles. The summed E-state index contributed by atoms with van der Waals surface area (Å²) in [6.45, 7) is 0. The van der Waals surface area contributed by atoms with Gasteiger partial charge in [0.25, 0.3) is 0 Å². The molecule has 3 heteroatoms. The van der Waals surface area contributed by atoms with Gasteiger partial charge >= 0.3 is 0 Å². The number of hydrogen-bond donors (Lipinski definition) is 0. The molecule has 2 nitrogen and oxygen atoms in total. The topological polar surface area (TPSA) is 30.0 Å². The molecule has 0 aliphatic heterocycles. The molecule has 0 amide bonds. The number of pyridine rings is 1. The molecular formula is C15H12ClNO. The number of carbonyl (C=O) groups excluding carboxylic acids is 1. The van der Waals surface area contributed by atoms with Crippen molar-refractivity contribution in [3.8, 4) is 0 Å². The van der Waals surface area contributed by atoms with E-state index in [1.54, 1.807) is 18.5 Å². The first kappa shape index (κ1) is 11.4. The van der Waals surface area contributed by atoms with Crippen molar-refractivity contribution in [2.45, 2.75) is 18.8 Å². The van der Waals surface area contributed by atoms with E-state index in [0.29, 0.717) is 10.6 Å². The van der Waals surface area contributed by atoms with Crippen LogP contribution in [-0.4, -0.2) is 10.8 Å². The Morgan fingerprint density at radius 3 is 2.89 bits per heavy atom. The van der Waals surface area contributed by atoms with E-state index in [1.807, 2.05) is 24.3 Å². The lowest BCUT2D eigenvalue weighted by molar-refractivity contribution is 0.0946. The molecule has 1 aromatic heterocycles. The van der Waals surface area contributed by atoms with Crippen molar-refractivity contribution < 1.29 is 4.79 Å². The lowest BCUT2D eigenvalue weighted by Gasteiger charge is -2.24. The Bertz CT molecular complexity index is 595. The predicted octanol–water partition coefficient (Wildman–Crippen LogP) is 3.65. The smallest absolute Gasteiger partial charge is 0.172 e. The molecular weight excluding hydrogens is 246 g/mol. The first-order chi connectivity index (χ1) is 8.77. The fourth-order valence-electron chi connectivity index (χ4n) is 2.56. The average molecular weight is 258 g/mol. The van der Waals surface area contributed by atoms with Crippen molar-refractivity contribution in [1.82, 2.24) is 4.98 Å². The van der Waals surface area contributed by atoms with E-state index in [1.165, 1.54) is 0 Å². The predicted molar refractivity (Wildman–Crippen MR) is 71.1 cm³/mol. The molecule has 3 rings (SSSR count). The lowest BCUT2D eigenvalue weighted by atomic mass is 9.79. The number of aryl methyl sites for hydroxylation is 1. The minimum Gasteiger partial charge on any atom is -0.293 e.